The van der Waals surface area contributed by atoms with Crippen molar-refractivity contribution in [2.24, 2.45) is 0 Å². The molecule has 1 saturated carbocycles. The Bertz CT molecular complexity index is 529. The molecular weight excluding hydrogens is 222 g/mol. The number of phenolic OH excluding ortho intramolecular Hbond substituents is 1. The van der Waals surface area contributed by atoms with E-state index in [0.29, 0.717) is 5.75 Å². The van der Waals surface area contributed by atoms with Crippen molar-refractivity contribution >= 4 is 5.69 Å². The highest BCUT2D eigenvalue weighted by molar-refractivity contribution is 5.46. The summed E-state index contributed by atoms with van der Waals surface area (Å²) in [6, 6.07) is 16.0. The van der Waals surface area contributed by atoms with Gasteiger partial charge < -0.3 is 10.4 Å². The molecule has 0 aromatic heterocycles. The van der Waals surface area contributed by atoms with Crippen LogP contribution in [0.5, 0.6) is 5.75 Å². The van der Waals surface area contributed by atoms with Crippen LogP contribution in [0.4, 0.5) is 5.69 Å². The Hall–Kier alpha value is -1.96. The van der Waals surface area contributed by atoms with E-state index in [4.69, 9.17) is 0 Å². The predicted octanol–water partition coefficient (Wildman–Crippen LogP) is 3.88. The Morgan fingerprint density at radius 2 is 1.83 bits per heavy atom. The van der Waals surface area contributed by atoms with Gasteiger partial charge >= 0.3 is 0 Å². The molecule has 1 fully saturated rings. The summed E-state index contributed by atoms with van der Waals surface area (Å²) in [7, 11) is 0. The highest BCUT2D eigenvalue weighted by atomic mass is 16.3. The summed E-state index contributed by atoms with van der Waals surface area (Å²) in [5, 5.41) is 12.6. The van der Waals surface area contributed by atoms with Crippen molar-refractivity contribution in [3.8, 4) is 5.75 Å². The molecular formula is C16H17NO. The second-order valence-electron chi connectivity index (χ2n) is 4.92. The van der Waals surface area contributed by atoms with Gasteiger partial charge in [0.05, 0.1) is 0 Å². The number of rotatable bonds is 4. The number of phenols is 1. The van der Waals surface area contributed by atoms with E-state index in [-0.39, 0.29) is 0 Å². The summed E-state index contributed by atoms with van der Waals surface area (Å²) in [5.41, 5.74) is 3.82. The molecule has 0 saturated heterocycles. The Morgan fingerprint density at radius 3 is 2.56 bits per heavy atom. The third kappa shape index (κ3) is 2.65. The summed E-state index contributed by atoms with van der Waals surface area (Å²) in [6.07, 6.45) is 2.68. The van der Waals surface area contributed by atoms with Gasteiger partial charge in [0.15, 0.2) is 0 Å². The van der Waals surface area contributed by atoms with Crippen LogP contribution in [0.3, 0.4) is 0 Å². The second-order valence-corrected chi connectivity index (χ2v) is 4.92. The molecule has 0 bridgehead atoms. The summed E-state index contributed by atoms with van der Waals surface area (Å²) in [4.78, 5) is 0. The fourth-order valence-corrected chi connectivity index (χ4v) is 2.16. The van der Waals surface area contributed by atoms with E-state index in [9.17, 15) is 5.11 Å². The minimum Gasteiger partial charge on any atom is -0.508 e. The Morgan fingerprint density at radius 1 is 1.06 bits per heavy atom. The molecule has 1 aliphatic carbocycles. The average molecular weight is 239 g/mol. The lowest BCUT2D eigenvalue weighted by molar-refractivity contribution is 0.475. The summed E-state index contributed by atoms with van der Waals surface area (Å²) in [5.74, 6) is 1.11. The lowest BCUT2D eigenvalue weighted by Crippen LogP contribution is -1.99. The largest absolute Gasteiger partial charge is 0.508 e. The first kappa shape index (κ1) is 11.1. The van der Waals surface area contributed by atoms with Gasteiger partial charge in [0.25, 0.3) is 0 Å². The summed E-state index contributed by atoms with van der Waals surface area (Å²) in [6.45, 7) is 0.825. The maximum atomic E-state index is 9.22. The number of hydrogen-bond donors (Lipinski definition) is 2. The topological polar surface area (TPSA) is 32.3 Å². The molecule has 2 heteroatoms. The number of hydrogen-bond acceptors (Lipinski definition) is 2. The number of nitrogens with one attached hydrogen (secondary N) is 1. The molecule has 0 radical (unpaired) electrons. The molecule has 0 aliphatic heterocycles. The van der Waals surface area contributed by atoms with Crippen LogP contribution in [-0.2, 0) is 6.54 Å². The van der Waals surface area contributed by atoms with Crippen molar-refractivity contribution in [3.05, 3.63) is 59.7 Å². The van der Waals surface area contributed by atoms with E-state index in [1.165, 1.54) is 24.0 Å². The smallest absolute Gasteiger partial charge is 0.115 e. The lowest BCUT2D eigenvalue weighted by atomic mass is 10.1. The maximum Gasteiger partial charge on any atom is 0.115 e. The van der Waals surface area contributed by atoms with Crippen molar-refractivity contribution in [1.82, 2.24) is 0 Å². The van der Waals surface area contributed by atoms with Crippen LogP contribution in [0.25, 0.3) is 0 Å². The highest BCUT2D eigenvalue weighted by Gasteiger charge is 2.23. The van der Waals surface area contributed by atoms with Gasteiger partial charge in [0, 0.05) is 12.2 Å². The maximum absolute atomic E-state index is 9.22. The first-order chi connectivity index (χ1) is 8.81. The predicted molar refractivity (Wildman–Crippen MR) is 73.9 cm³/mol. The van der Waals surface area contributed by atoms with E-state index >= 15 is 0 Å². The number of anilines is 1. The van der Waals surface area contributed by atoms with E-state index in [1.807, 2.05) is 12.1 Å². The van der Waals surface area contributed by atoms with Crippen LogP contribution >= 0.6 is 0 Å². The van der Waals surface area contributed by atoms with Crippen LogP contribution in [0, 0.1) is 0 Å². The first-order valence-corrected chi connectivity index (χ1v) is 6.43. The van der Waals surface area contributed by atoms with Gasteiger partial charge in [0.2, 0.25) is 0 Å². The Kier molecular flexibility index (Phi) is 2.93. The van der Waals surface area contributed by atoms with E-state index < -0.39 is 0 Å². The molecule has 0 heterocycles. The second kappa shape index (κ2) is 4.73. The van der Waals surface area contributed by atoms with E-state index in [2.05, 4.69) is 29.6 Å². The molecule has 92 valence electrons. The van der Waals surface area contributed by atoms with Crippen molar-refractivity contribution in [2.45, 2.75) is 25.3 Å². The normalized spacial score (nSPS) is 14.4. The fourth-order valence-electron chi connectivity index (χ4n) is 2.16. The van der Waals surface area contributed by atoms with Crippen LogP contribution in [-0.4, -0.2) is 5.11 Å². The molecule has 2 N–H and O–H groups in total. The van der Waals surface area contributed by atoms with Gasteiger partial charge in [-0.3, -0.25) is 0 Å². The molecule has 0 atom stereocenters. The van der Waals surface area contributed by atoms with Crippen molar-refractivity contribution in [3.63, 3.8) is 0 Å². The molecule has 2 aromatic carbocycles. The average Bonchev–Trinajstić information content (AvgIpc) is 3.23. The van der Waals surface area contributed by atoms with Gasteiger partial charge in [-0.15, -0.1) is 0 Å². The van der Waals surface area contributed by atoms with E-state index in [0.717, 1.165) is 18.2 Å². The van der Waals surface area contributed by atoms with Crippen LogP contribution in [0.1, 0.15) is 29.9 Å². The zero-order valence-electron chi connectivity index (χ0n) is 10.3. The van der Waals surface area contributed by atoms with Gasteiger partial charge in [-0.25, -0.2) is 0 Å². The van der Waals surface area contributed by atoms with Crippen molar-refractivity contribution in [1.29, 1.82) is 0 Å². The molecule has 1 aliphatic rings. The highest BCUT2D eigenvalue weighted by Crippen LogP contribution is 2.40. The molecule has 0 amide bonds. The molecule has 2 aromatic rings. The van der Waals surface area contributed by atoms with Crippen LogP contribution in [0.2, 0.25) is 0 Å². The quantitative estimate of drug-likeness (QED) is 0.793. The SMILES string of the molecule is Oc1ccc(NCc2cccc(C3CC3)c2)cc1. The summed E-state index contributed by atoms with van der Waals surface area (Å²) < 4.78 is 0. The molecule has 0 unspecified atom stereocenters. The molecule has 3 rings (SSSR count). The molecule has 2 nitrogen and oxygen atoms in total. The van der Waals surface area contributed by atoms with Crippen LogP contribution < -0.4 is 5.32 Å². The van der Waals surface area contributed by atoms with Gasteiger partial charge in [-0.1, -0.05) is 24.3 Å². The summed E-state index contributed by atoms with van der Waals surface area (Å²) >= 11 is 0. The molecule has 18 heavy (non-hydrogen) atoms. The van der Waals surface area contributed by atoms with Crippen molar-refractivity contribution < 1.29 is 5.11 Å². The van der Waals surface area contributed by atoms with E-state index in [1.54, 1.807) is 12.1 Å². The minimum absolute atomic E-state index is 0.302. The lowest BCUT2D eigenvalue weighted by Gasteiger charge is -2.08. The zero-order valence-corrected chi connectivity index (χ0v) is 10.3. The van der Waals surface area contributed by atoms with Crippen LogP contribution in [0.15, 0.2) is 48.5 Å². The number of benzene rings is 2. The zero-order chi connectivity index (χ0) is 12.4. The van der Waals surface area contributed by atoms with Gasteiger partial charge in [-0.2, -0.15) is 0 Å². The third-order valence-corrected chi connectivity index (χ3v) is 3.36. The van der Waals surface area contributed by atoms with Gasteiger partial charge in [-0.05, 0) is 54.2 Å². The Labute approximate surface area is 107 Å². The third-order valence-electron chi connectivity index (χ3n) is 3.36. The standard InChI is InChI=1S/C16H17NO/c18-16-8-6-15(7-9-16)17-11-12-2-1-3-14(10-12)13-4-5-13/h1-3,6-10,13,17-18H,4-5,11H2. The number of aromatic hydroxyl groups is 1. The fraction of sp³-hybridized carbons (Fsp3) is 0.250. The van der Waals surface area contributed by atoms with Crippen molar-refractivity contribution in [2.75, 3.05) is 5.32 Å². The van der Waals surface area contributed by atoms with Gasteiger partial charge in [0.1, 0.15) is 5.75 Å². The molecule has 0 spiro atoms. The minimum atomic E-state index is 0.302. The Balaban J connectivity index is 1.65. The first-order valence-electron chi connectivity index (χ1n) is 6.43. The monoisotopic (exact) mass is 239 g/mol.